The fourth-order valence-electron chi connectivity index (χ4n) is 5.82. The summed E-state index contributed by atoms with van der Waals surface area (Å²) < 4.78 is 29.3. The number of carbonyl (C=O) groups is 1. The second kappa shape index (κ2) is 16.6. The molecule has 43 heavy (non-hydrogen) atoms. The standard InChI is InChI=1S/C29H51BrN6O5Si2/c1-8-38-23(37)16-15-21(30)17-32-18-22-25(40-42(9-2,10-3)11-4)26(41-43(12-5,13-6)14-7)29(39-22)36-20-35-24-27(31)33-19-34-28(24)36/h15,19-20,22,25-26,29,32H,8-14,16-18H2,1-7H3,(H2,31,33,34)/b21-15-/t22-,25-,26-,29-/m1/s1. The summed E-state index contributed by atoms with van der Waals surface area (Å²) in [5.74, 6) is 0.0840. The van der Waals surface area contributed by atoms with Crippen LogP contribution in [-0.4, -0.2) is 80.1 Å². The van der Waals surface area contributed by atoms with Crippen molar-refractivity contribution in [3.63, 3.8) is 0 Å². The molecule has 3 rings (SSSR count). The Kier molecular flexibility index (Phi) is 13.8. The van der Waals surface area contributed by atoms with Crippen LogP contribution in [0.15, 0.2) is 23.2 Å². The zero-order valence-corrected chi connectivity index (χ0v) is 30.5. The number of aromatic nitrogens is 4. The van der Waals surface area contributed by atoms with Crippen LogP contribution in [0.3, 0.4) is 0 Å². The van der Waals surface area contributed by atoms with E-state index < -0.39 is 22.9 Å². The molecule has 0 radical (unpaired) electrons. The summed E-state index contributed by atoms with van der Waals surface area (Å²) in [4.78, 5) is 25.0. The van der Waals surface area contributed by atoms with Crippen molar-refractivity contribution in [3.05, 3.63) is 23.2 Å². The van der Waals surface area contributed by atoms with Gasteiger partial charge in [0.25, 0.3) is 0 Å². The van der Waals surface area contributed by atoms with Gasteiger partial charge in [0, 0.05) is 17.6 Å². The SMILES string of the molecule is CCOC(=O)C/C=C(\Br)CNC[C@H]1O[C@@H](n2cnc3c(N)ncnc32)[C@H](O[Si](CC)(CC)CC)[C@@H]1O[Si](CC)(CC)CC. The summed E-state index contributed by atoms with van der Waals surface area (Å²) >= 11 is 3.59. The summed E-state index contributed by atoms with van der Waals surface area (Å²) in [6.45, 7) is 16.7. The average molecular weight is 700 g/mol. The number of fused-ring (bicyclic) bond motifs is 1. The number of hydrogen-bond acceptors (Lipinski definition) is 10. The van der Waals surface area contributed by atoms with Gasteiger partial charge in [-0.15, -0.1) is 0 Å². The van der Waals surface area contributed by atoms with Gasteiger partial charge in [0.2, 0.25) is 0 Å². The predicted octanol–water partition coefficient (Wildman–Crippen LogP) is 5.91. The summed E-state index contributed by atoms with van der Waals surface area (Å²) in [6, 6.07) is 6.09. The third-order valence-corrected chi connectivity index (χ3v) is 18.9. The lowest BCUT2D eigenvalue weighted by Crippen LogP contribution is -2.52. The van der Waals surface area contributed by atoms with Crippen molar-refractivity contribution in [3.8, 4) is 0 Å². The molecule has 242 valence electrons. The van der Waals surface area contributed by atoms with E-state index in [1.807, 2.05) is 10.6 Å². The fraction of sp³-hybridized carbons (Fsp3) is 0.724. The van der Waals surface area contributed by atoms with Gasteiger partial charge in [0.15, 0.2) is 34.3 Å². The molecule has 0 bridgehead atoms. The Hall–Kier alpha value is -1.69. The molecule has 0 saturated carbocycles. The Bertz CT molecular complexity index is 1190. The van der Waals surface area contributed by atoms with E-state index in [-0.39, 0.29) is 30.7 Å². The number of nitrogen functional groups attached to an aromatic ring is 1. The van der Waals surface area contributed by atoms with Gasteiger partial charge < -0.3 is 29.4 Å². The van der Waals surface area contributed by atoms with Crippen LogP contribution in [0.4, 0.5) is 5.82 Å². The van der Waals surface area contributed by atoms with Crippen molar-refractivity contribution in [2.24, 2.45) is 0 Å². The van der Waals surface area contributed by atoms with E-state index in [1.165, 1.54) is 6.33 Å². The number of carbonyl (C=O) groups excluding carboxylic acids is 1. The van der Waals surface area contributed by atoms with Crippen molar-refractivity contribution in [1.82, 2.24) is 24.8 Å². The molecule has 1 aliphatic heterocycles. The van der Waals surface area contributed by atoms with Crippen LogP contribution in [0.5, 0.6) is 0 Å². The first-order chi connectivity index (χ1) is 20.7. The smallest absolute Gasteiger partial charge is 0.309 e. The summed E-state index contributed by atoms with van der Waals surface area (Å²) in [5.41, 5.74) is 7.32. The number of anilines is 1. The summed E-state index contributed by atoms with van der Waals surface area (Å²) in [7, 11) is -4.14. The Balaban J connectivity index is 2.00. The van der Waals surface area contributed by atoms with Crippen molar-refractivity contribution >= 4 is 55.5 Å². The van der Waals surface area contributed by atoms with Gasteiger partial charge in [-0.2, -0.15) is 0 Å². The van der Waals surface area contributed by atoms with Gasteiger partial charge in [-0.25, -0.2) is 15.0 Å². The van der Waals surface area contributed by atoms with Gasteiger partial charge in [0.05, 0.1) is 19.4 Å². The quantitative estimate of drug-likeness (QED) is 0.143. The monoisotopic (exact) mass is 698 g/mol. The minimum Gasteiger partial charge on any atom is -0.466 e. The molecule has 4 atom stereocenters. The molecule has 1 aliphatic rings. The minimum absolute atomic E-state index is 0.216. The van der Waals surface area contributed by atoms with Crippen molar-refractivity contribution in [1.29, 1.82) is 0 Å². The first-order valence-electron chi connectivity index (χ1n) is 15.8. The molecule has 0 spiro atoms. The van der Waals surface area contributed by atoms with E-state index in [0.29, 0.717) is 36.7 Å². The fourth-order valence-corrected chi connectivity index (χ4v) is 11.9. The van der Waals surface area contributed by atoms with Crippen LogP contribution in [0.2, 0.25) is 36.3 Å². The lowest BCUT2D eigenvalue weighted by atomic mass is 10.1. The zero-order valence-electron chi connectivity index (χ0n) is 26.9. The zero-order chi connectivity index (χ0) is 31.6. The second-order valence-corrected chi connectivity index (χ2v) is 21.6. The van der Waals surface area contributed by atoms with Crippen LogP contribution >= 0.6 is 15.9 Å². The number of halogens is 1. The van der Waals surface area contributed by atoms with Crippen LogP contribution in [-0.2, 0) is 23.1 Å². The number of nitrogens with two attached hydrogens (primary N) is 1. The van der Waals surface area contributed by atoms with Crippen molar-refractivity contribution in [2.45, 2.75) is 116 Å². The Labute approximate surface area is 267 Å². The van der Waals surface area contributed by atoms with E-state index >= 15 is 0 Å². The number of imidazole rings is 1. The number of esters is 1. The molecule has 11 nitrogen and oxygen atoms in total. The van der Waals surface area contributed by atoms with Crippen LogP contribution in [0.25, 0.3) is 11.2 Å². The van der Waals surface area contributed by atoms with Crippen molar-refractivity contribution in [2.75, 3.05) is 25.4 Å². The molecule has 0 aliphatic carbocycles. The highest BCUT2D eigenvalue weighted by Gasteiger charge is 2.52. The molecule has 1 saturated heterocycles. The summed E-state index contributed by atoms with van der Waals surface area (Å²) in [5, 5.41) is 3.52. The number of nitrogens with zero attached hydrogens (tertiary/aromatic N) is 4. The Morgan fingerprint density at radius 3 is 2.19 bits per heavy atom. The second-order valence-electron chi connectivity index (χ2n) is 11.1. The molecule has 3 heterocycles. The van der Waals surface area contributed by atoms with Crippen LogP contribution in [0.1, 0.15) is 61.1 Å². The summed E-state index contributed by atoms with van der Waals surface area (Å²) in [6.07, 6.45) is 3.84. The molecule has 2 aromatic rings. The average Bonchev–Trinajstić information content (AvgIpc) is 3.59. The molecule has 1 fully saturated rings. The normalized spacial score (nSPS) is 21.5. The van der Waals surface area contributed by atoms with Gasteiger partial charge in [0.1, 0.15) is 30.2 Å². The highest BCUT2D eigenvalue weighted by atomic mass is 79.9. The third-order valence-electron chi connectivity index (χ3n) is 9.02. The van der Waals surface area contributed by atoms with E-state index in [1.54, 1.807) is 13.3 Å². The van der Waals surface area contributed by atoms with E-state index in [4.69, 9.17) is 24.1 Å². The number of ether oxygens (including phenoxy) is 2. The highest BCUT2D eigenvalue weighted by molar-refractivity contribution is 9.11. The Morgan fingerprint density at radius 1 is 1.00 bits per heavy atom. The number of nitrogens with one attached hydrogen (secondary N) is 1. The Morgan fingerprint density at radius 2 is 1.60 bits per heavy atom. The van der Waals surface area contributed by atoms with E-state index in [9.17, 15) is 4.79 Å². The van der Waals surface area contributed by atoms with Crippen LogP contribution in [0, 0.1) is 0 Å². The van der Waals surface area contributed by atoms with Gasteiger partial charge in [-0.05, 0) is 43.2 Å². The topological polar surface area (TPSA) is 136 Å². The maximum Gasteiger partial charge on any atom is 0.309 e. The molecule has 2 aromatic heterocycles. The van der Waals surface area contributed by atoms with Crippen molar-refractivity contribution < 1.29 is 23.1 Å². The molecule has 0 amide bonds. The molecule has 14 heteroatoms. The van der Waals surface area contributed by atoms with Gasteiger partial charge in [-0.1, -0.05) is 63.5 Å². The number of hydrogen-bond donors (Lipinski definition) is 2. The molecule has 3 N–H and O–H groups in total. The molecular formula is C29H51BrN6O5Si2. The van der Waals surface area contributed by atoms with Gasteiger partial charge in [-0.3, -0.25) is 9.36 Å². The maximum atomic E-state index is 11.8. The largest absolute Gasteiger partial charge is 0.466 e. The molecule has 0 unspecified atom stereocenters. The van der Waals surface area contributed by atoms with Gasteiger partial charge >= 0.3 is 5.97 Å². The lowest BCUT2D eigenvalue weighted by molar-refractivity contribution is -0.142. The van der Waals surface area contributed by atoms with E-state index in [2.05, 4.69) is 77.7 Å². The van der Waals surface area contributed by atoms with E-state index in [0.717, 1.165) is 40.7 Å². The highest BCUT2D eigenvalue weighted by Crippen LogP contribution is 2.41. The minimum atomic E-state index is -2.09. The first-order valence-corrected chi connectivity index (χ1v) is 21.7. The molecular weight excluding hydrogens is 648 g/mol. The maximum absolute atomic E-state index is 11.8. The van der Waals surface area contributed by atoms with Crippen LogP contribution < -0.4 is 11.1 Å². The third kappa shape index (κ3) is 8.53. The molecule has 0 aromatic carbocycles. The predicted molar refractivity (Wildman–Crippen MR) is 179 cm³/mol. The first kappa shape index (κ1) is 35.8. The lowest BCUT2D eigenvalue weighted by Gasteiger charge is -2.39. The number of rotatable bonds is 18.